The van der Waals surface area contributed by atoms with Gasteiger partial charge in [0.05, 0.1) is 5.56 Å². The Morgan fingerprint density at radius 1 is 1.39 bits per heavy atom. The molecule has 0 radical (unpaired) electrons. The highest BCUT2D eigenvalue weighted by atomic mass is 32.1. The summed E-state index contributed by atoms with van der Waals surface area (Å²) in [6.45, 7) is 1.89. The number of nitrogens with one attached hydrogen (secondary N) is 2. The molecule has 0 fully saturated rings. The highest BCUT2D eigenvalue weighted by Gasteiger charge is 2.04. The Kier molecular flexibility index (Phi) is 5.60. The molecule has 0 aliphatic rings. The van der Waals surface area contributed by atoms with Crippen LogP contribution in [-0.4, -0.2) is 44.0 Å². The number of hydrogen-bond donors (Lipinski definition) is 3. The van der Waals surface area contributed by atoms with Gasteiger partial charge in [-0.3, -0.25) is 4.79 Å². The number of urea groups is 1. The summed E-state index contributed by atoms with van der Waals surface area (Å²) in [5.41, 5.74) is 5.70. The molecular weight excluding hydrogens is 252 g/mol. The van der Waals surface area contributed by atoms with E-state index in [2.05, 4.69) is 10.6 Å². The van der Waals surface area contributed by atoms with Gasteiger partial charge in [-0.15, -0.1) is 11.3 Å². The molecule has 18 heavy (non-hydrogen) atoms. The molecule has 1 aromatic heterocycles. The number of amides is 3. The smallest absolute Gasteiger partial charge is 0.316 e. The van der Waals surface area contributed by atoms with Gasteiger partial charge < -0.3 is 21.3 Å². The SMILES string of the molecule is CN(C)C(=O)NCCNCc1cc(C(N)=O)cs1. The molecule has 7 heteroatoms. The van der Waals surface area contributed by atoms with Crippen LogP contribution in [0.1, 0.15) is 15.2 Å². The molecule has 0 unspecified atom stereocenters. The fourth-order valence-corrected chi connectivity index (χ4v) is 2.07. The van der Waals surface area contributed by atoms with Gasteiger partial charge in [0, 0.05) is 44.0 Å². The molecule has 0 atom stereocenters. The average Bonchev–Trinajstić information content (AvgIpc) is 2.77. The first kappa shape index (κ1) is 14.5. The Labute approximate surface area is 110 Å². The summed E-state index contributed by atoms with van der Waals surface area (Å²) in [6.07, 6.45) is 0. The minimum Gasteiger partial charge on any atom is -0.366 e. The summed E-state index contributed by atoms with van der Waals surface area (Å²) < 4.78 is 0. The standard InChI is InChI=1S/C11H18N4O2S/c1-15(2)11(17)14-4-3-13-6-9-5-8(7-18-9)10(12)16/h5,7,13H,3-4,6H2,1-2H3,(H2,12,16)(H,14,17). The van der Waals surface area contributed by atoms with Crippen LogP contribution in [0, 0.1) is 0 Å². The van der Waals surface area contributed by atoms with Gasteiger partial charge in [0.1, 0.15) is 0 Å². The van der Waals surface area contributed by atoms with Crippen molar-refractivity contribution in [2.45, 2.75) is 6.54 Å². The second-order valence-electron chi connectivity index (χ2n) is 3.97. The molecule has 100 valence electrons. The monoisotopic (exact) mass is 270 g/mol. The van der Waals surface area contributed by atoms with E-state index in [9.17, 15) is 9.59 Å². The van der Waals surface area contributed by atoms with E-state index in [1.807, 2.05) is 0 Å². The fourth-order valence-electron chi connectivity index (χ4n) is 1.23. The number of primary amides is 1. The summed E-state index contributed by atoms with van der Waals surface area (Å²) in [7, 11) is 3.39. The van der Waals surface area contributed by atoms with Crippen molar-refractivity contribution in [1.82, 2.24) is 15.5 Å². The molecule has 0 aromatic carbocycles. The van der Waals surface area contributed by atoms with E-state index < -0.39 is 5.91 Å². The van der Waals surface area contributed by atoms with Gasteiger partial charge in [-0.05, 0) is 6.07 Å². The molecule has 4 N–H and O–H groups in total. The summed E-state index contributed by atoms with van der Waals surface area (Å²) in [5, 5.41) is 7.66. The van der Waals surface area contributed by atoms with Crippen molar-refractivity contribution in [1.29, 1.82) is 0 Å². The molecule has 0 spiro atoms. The van der Waals surface area contributed by atoms with Crippen molar-refractivity contribution in [3.05, 3.63) is 21.9 Å². The highest BCUT2D eigenvalue weighted by molar-refractivity contribution is 7.10. The summed E-state index contributed by atoms with van der Waals surface area (Å²) in [4.78, 5) is 24.6. The maximum absolute atomic E-state index is 11.2. The number of rotatable bonds is 6. The van der Waals surface area contributed by atoms with Crippen LogP contribution in [0.4, 0.5) is 4.79 Å². The molecule has 1 heterocycles. The predicted molar refractivity (Wildman–Crippen MR) is 71.6 cm³/mol. The van der Waals surface area contributed by atoms with E-state index in [1.165, 1.54) is 16.2 Å². The third kappa shape index (κ3) is 4.72. The van der Waals surface area contributed by atoms with Gasteiger partial charge in [-0.25, -0.2) is 4.79 Å². The van der Waals surface area contributed by atoms with E-state index >= 15 is 0 Å². The first-order chi connectivity index (χ1) is 8.50. The Morgan fingerprint density at radius 2 is 2.11 bits per heavy atom. The molecule has 0 bridgehead atoms. The zero-order valence-corrected chi connectivity index (χ0v) is 11.3. The Hall–Kier alpha value is -1.60. The predicted octanol–water partition coefficient (Wildman–Crippen LogP) is 0.208. The first-order valence-corrected chi connectivity index (χ1v) is 6.41. The van der Waals surface area contributed by atoms with Crippen molar-refractivity contribution in [2.24, 2.45) is 5.73 Å². The van der Waals surface area contributed by atoms with E-state index in [0.29, 0.717) is 25.2 Å². The number of hydrogen-bond acceptors (Lipinski definition) is 4. The molecule has 1 aromatic rings. The second kappa shape index (κ2) is 6.97. The third-order valence-corrected chi connectivity index (χ3v) is 3.16. The highest BCUT2D eigenvalue weighted by Crippen LogP contribution is 2.13. The van der Waals surface area contributed by atoms with Crippen molar-refractivity contribution < 1.29 is 9.59 Å². The summed E-state index contributed by atoms with van der Waals surface area (Å²) in [5.74, 6) is -0.407. The number of nitrogens with zero attached hydrogens (tertiary/aromatic N) is 1. The lowest BCUT2D eigenvalue weighted by Gasteiger charge is -2.11. The zero-order valence-electron chi connectivity index (χ0n) is 10.5. The quantitative estimate of drug-likeness (QED) is 0.646. The summed E-state index contributed by atoms with van der Waals surface area (Å²) >= 11 is 1.49. The van der Waals surface area contributed by atoms with Gasteiger partial charge >= 0.3 is 6.03 Å². The molecule has 1 rings (SSSR count). The lowest BCUT2D eigenvalue weighted by Crippen LogP contribution is -2.38. The molecule has 0 saturated heterocycles. The van der Waals surface area contributed by atoms with E-state index in [0.717, 1.165) is 4.88 Å². The van der Waals surface area contributed by atoms with Gasteiger partial charge in [0.25, 0.3) is 0 Å². The van der Waals surface area contributed by atoms with Gasteiger partial charge in [-0.1, -0.05) is 0 Å². The van der Waals surface area contributed by atoms with Gasteiger partial charge in [0.15, 0.2) is 0 Å². The van der Waals surface area contributed by atoms with Crippen molar-refractivity contribution in [2.75, 3.05) is 27.2 Å². The van der Waals surface area contributed by atoms with Crippen LogP contribution in [0.15, 0.2) is 11.4 Å². The van der Waals surface area contributed by atoms with Crippen LogP contribution in [0.3, 0.4) is 0 Å². The lowest BCUT2D eigenvalue weighted by molar-refractivity contribution is 0.100. The number of nitrogens with two attached hydrogens (primary N) is 1. The van der Waals surface area contributed by atoms with Crippen molar-refractivity contribution in [3.63, 3.8) is 0 Å². The second-order valence-corrected chi connectivity index (χ2v) is 4.96. The largest absolute Gasteiger partial charge is 0.366 e. The molecule has 0 aliphatic heterocycles. The average molecular weight is 270 g/mol. The third-order valence-electron chi connectivity index (χ3n) is 2.22. The Balaban J connectivity index is 2.18. The topological polar surface area (TPSA) is 87.5 Å². The molecular formula is C11H18N4O2S. The zero-order chi connectivity index (χ0) is 13.5. The summed E-state index contributed by atoms with van der Waals surface area (Å²) in [6, 6.07) is 1.67. The van der Waals surface area contributed by atoms with Crippen LogP contribution in [0.2, 0.25) is 0 Å². The van der Waals surface area contributed by atoms with Crippen LogP contribution in [0.25, 0.3) is 0 Å². The van der Waals surface area contributed by atoms with Crippen molar-refractivity contribution in [3.8, 4) is 0 Å². The normalized spacial score (nSPS) is 10.1. The van der Waals surface area contributed by atoms with E-state index in [-0.39, 0.29) is 6.03 Å². The number of carbonyl (C=O) groups is 2. The molecule has 6 nitrogen and oxygen atoms in total. The molecule has 0 aliphatic carbocycles. The minimum atomic E-state index is -0.407. The van der Waals surface area contributed by atoms with Crippen molar-refractivity contribution >= 4 is 23.3 Å². The Morgan fingerprint density at radius 3 is 2.67 bits per heavy atom. The number of thiophene rings is 1. The molecule has 0 saturated carbocycles. The first-order valence-electron chi connectivity index (χ1n) is 5.54. The van der Waals surface area contributed by atoms with E-state index in [1.54, 1.807) is 25.5 Å². The number of carbonyl (C=O) groups excluding carboxylic acids is 2. The Bertz CT molecular complexity index is 417. The van der Waals surface area contributed by atoms with Gasteiger partial charge in [0.2, 0.25) is 5.91 Å². The van der Waals surface area contributed by atoms with Crippen LogP contribution < -0.4 is 16.4 Å². The lowest BCUT2D eigenvalue weighted by atomic mass is 10.3. The maximum Gasteiger partial charge on any atom is 0.316 e. The van der Waals surface area contributed by atoms with E-state index in [4.69, 9.17) is 5.73 Å². The van der Waals surface area contributed by atoms with Crippen LogP contribution in [0.5, 0.6) is 0 Å². The fraction of sp³-hybridized carbons (Fsp3) is 0.455. The van der Waals surface area contributed by atoms with Crippen LogP contribution in [-0.2, 0) is 6.54 Å². The molecule has 3 amide bonds. The van der Waals surface area contributed by atoms with Crippen LogP contribution >= 0.6 is 11.3 Å². The maximum atomic E-state index is 11.2. The van der Waals surface area contributed by atoms with Gasteiger partial charge in [-0.2, -0.15) is 0 Å². The minimum absolute atomic E-state index is 0.107.